The van der Waals surface area contributed by atoms with Crippen molar-refractivity contribution in [3.05, 3.63) is 34.4 Å². The molecule has 154 valence electrons. The van der Waals surface area contributed by atoms with E-state index in [-0.39, 0.29) is 11.4 Å². The first-order chi connectivity index (χ1) is 12.8. The number of aliphatic hydroxyl groups excluding tert-OH is 1. The van der Waals surface area contributed by atoms with Gasteiger partial charge in [-0.25, -0.2) is 9.59 Å². The van der Waals surface area contributed by atoms with E-state index >= 15 is 0 Å². The molecule has 0 aromatic heterocycles. The fraction of sp³-hybridized carbons (Fsp3) is 0.500. The number of amides is 1. The molecule has 0 bridgehead atoms. The fourth-order valence-corrected chi connectivity index (χ4v) is 2.00. The van der Waals surface area contributed by atoms with Crippen LogP contribution in [-0.4, -0.2) is 57.6 Å². The van der Waals surface area contributed by atoms with Gasteiger partial charge in [-0.2, -0.15) is 0 Å². The van der Waals surface area contributed by atoms with Gasteiger partial charge in [0.25, 0.3) is 5.69 Å². The van der Waals surface area contributed by atoms with Crippen molar-refractivity contribution in [1.82, 2.24) is 4.90 Å². The lowest BCUT2D eigenvalue weighted by Crippen LogP contribution is -2.44. The Bertz CT molecular complexity index is 739. The first-order valence-corrected chi connectivity index (χ1v) is 8.44. The molecule has 1 aromatic rings. The summed E-state index contributed by atoms with van der Waals surface area (Å²) in [7, 11) is 1.32. The second kappa shape index (κ2) is 9.27. The van der Waals surface area contributed by atoms with Crippen molar-refractivity contribution in [2.75, 3.05) is 7.05 Å². The molecule has 2 atom stereocenters. The summed E-state index contributed by atoms with van der Waals surface area (Å²) in [5.74, 6) is -1.43. The molecule has 28 heavy (non-hydrogen) atoms. The van der Waals surface area contributed by atoms with Crippen LogP contribution in [0.4, 0.5) is 10.5 Å². The quantitative estimate of drug-likeness (QED) is 0.420. The molecule has 10 heteroatoms. The van der Waals surface area contributed by atoms with Crippen LogP contribution in [0.1, 0.15) is 34.1 Å². The number of hydrogen-bond donors (Lipinski definition) is 1. The average Bonchev–Trinajstić information content (AvgIpc) is 2.59. The van der Waals surface area contributed by atoms with Crippen LogP contribution < -0.4 is 4.74 Å². The van der Waals surface area contributed by atoms with Crippen molar-refractivity contribution in [3.8, 4) is 5.75 Å². The number of ketones is 1. The molecular formula is C18H24N2O8. The van der Waals surface area contributed by atoms with Gasteiger partial charge in [-0.3, -0.25) is 14.9 Å². The van der Waals surface area contributed by atoms with E-state index in [0.717, 1.165) is 4.90 Å². The molecule has 1 N–H and O–H groups in total. The van der Waals surface area contributed by atoms with Crippen LogP contribution in [0.15, 0.2) is 24.3 Å². The third-order valence-electron chi connectivity index (χ3n) is 3.66. The van der Waals surface area contributed by atoms with Crippen molar-refractivity contribution in [2.45, 2.75) is 51.9 Å². The van der Waals surface area contributed by atoms with Gasteiger partial charge in [-0.1, -0.05) is 0 Å². The molecule has 0 heterocycles. The molecule has 0 fully saturated rings. The molecule has 0 aliphatic rings. The normalized spacial score (nSPS) is 13.2. The SMILES string of the molecule is C[C@@H](C(=O)CC(O)C(=O)OC(C)(C)C)N(C)C(=O)Oc1ccc([N+](=O)[O-])cc1. The number of nitrogens with zero attached hydrogens (tertiary/aromatic N) is 2. The fourth-order valence-electron chi connectivity index (χ4n) is 2.00. The smallest absolute Gasteiger partial charge is 0.415 e. The number of likely N-dealkylation sites (N-methyl/N-ethyl adjacent to an activating group) is 1. The Labute approximate surface area is 162 Å². The highest BCUT2D eigenvalue weighted by Gasteiger charge is 2.30. The van der Waals surface area contributed by atoms with Gasteiger partial charge < -0.3 is 19.5 Å². The summed E-state index contributed by atoms with van der Waals surface area (Å²) in [4.78, 5) is 47.2. The Balaban J connectivity index is 2.65. The first-order valence-electron chi connectivity index (χ1n) is 8.44. The highest BCUT2D eigenvalue weighted by atomic mass is 16.6. The number of esters is 1. The molecule has 1 aromatic carbocycles. The maximum atomic E-state index is 12.2. The van der Waals surface area contributed by atoms with Crippen molar-refractivity contribution in [1.29, 1.82) is 0 Å². The number of ether oxygens (including phenoxy) is 2. The van der Waals surface area contributed by atoms with Gasteiger partial charge >= 0.3 is 12.1 Å². The molecule has 0 spiro atoms. The highest BCUT2D eigenvalue weighted by molar-refractivity contribution is 5.91. The maximum Gasteiger partial charge on any atom is 0.415 e. The number of nitro groups is 1. The number of aliphatic hydroxyl groups is 1. The van der Waals surface area contributed by atoms with E-state index in [1.54, 1.807) is 20.8 Å². The minimum Gasteiger partial charge on any atom is -0.458 e. The van der Waals surface area contributed by atoms with Gasteiger partial charge in [0, 0.05) is 25.6 Å². The van der Waals surface area contributed by atoms with E-state index in [1.165, 1.54) is 38.2 Å². The van der Waals surface area contributed by atoms with Crippen LogP contribution in [0.25, 0.3) is 0 Å². The van der Waals surface area contributed by atoms with Crippen molar-refractivity contribution in [2.24, 2.45) is 0 Å². The third kappa shape index (κ3) is 6.95. The zero-order valence-corrected chi connectivity index (χ0v) is 16.4. The standard InChI is InChI=1S/C18H24N2O8/c1-11(14(21)10-15(22)16(23)28-18(2,3)4)19(5)17(24)27-13-8-6-12(7-9-13)20(25)26/h6-9,11,15,22H,10H2,1-5H3/t11-,15?/m0/s1. The van der Waals surface area contributed by atoms with Crippen molar-refractivity contribution in [3.63, 3.8) is 0 Å². The van der Waals surface area contributed by atoms with Crippen LogP contribution >= 0.6 is 0 Å². The van der Waals surface area contributed by atoms with E-state index in [0.29, 0.717) is 0 Å². The summed E-state index contributed by atoms with van der Waals surface area (Å²) in [5, 5.41) is 20.5. The molecule has 0 saturated heterocycles. The lowest BCUT2D eigenvalue weighted by atomic mass is 10.1. The van der Waals surface area contributed by atoms with E-state index in [2.05, 4.69) is 0 Å². The molecule has 10 nitrogen and oxygen atoms in total. The number of Topliss-reactive ketones (excluding diaryl/α,β-unsaturated/α-hetero) is 1. The number of hydrogen-bond acceptors (Lipinski definition) is 8. The summed E-state index contributed by atoms with van der Waals surface area (Å²) in [5.41, 5.74) is -0.967. The molecule has 0 aliphatic heterocycles. The number of carbonyl (C=O) groups excluding carboxylic acids is 3. The number of non-ortho nitro benzene ring substituents is 1. The molecule has 0 radical (unpaired) electrons. The molecule has 0 aliphatic carbocycles. The van der Waals surface area contributed by atoms with E-state index in [4.69, 9.17) is 9.47 Å². The third-order valence-corrected chi connectivity index (χ3v) is 3.66. The minimum atomic E-state index is -1.65. The molecule has 1 amide bonds. The predicted molar refractivity (Wildman–Crippen MR) is 97.8 cm³/mol. The Morgan fingerprint density at radius 1 is 1.21 bits per heavy atom. The number of benzene rings is 1. The molecular weight excluding hydrogens is 372 g/mol. The molecule has 0 saturated carbocycles. The number of rotatable bonds is 7. The molecule has 1 unspecified atom stereocenters. The Hall–Kier alpha value is -3.01. The Morgan fingerprint density at radius 3 is 2.21 bits per heavy atom. The zero-order valence-electron chi connectivity index (χ0n) is 16.4. The minimum absolute atomic E-state index is 0.0656. The summed E-state index contributed by atoms with van der Waals surface area (Å²) in [6.07, 6.45) is -3.04. The van der Waals surface area contributed by atoms with Crippen LogP contribution in [0, 0.1) is 10.1 Å². The van der Waals surface area contributed by atoms with Gasteiger partial charge in [0.15, 0.2) is 11.9 Å². The van der Waals surface area contributed by atoms with Gasteiger partial charge in [-0.15, -0.1) is 0 Å². The average molecular weight is 396 g/mol. The van der Waals surface area contributed by atoms with Crippen LogP contribution in [-0.2, 0) is 14.3 Å². The predicted octanol–water partition coefficient (Wildman–Crippen LogP) is 2.08. The van der Waals surface area contributed by atoms with Crippen molar-refractivity contribution >= 4 is 23.5 Å². The largest absolute Gasteiger partial charge is 0.458 e. The van der Waals surface area contributed by atoms with Crippen LogP contribution in [0.5, 0.6) is 5.75 Å². The van der Waals surface area contributed by atoms with Gasteiger partial charge in [0.2, 0.25) is 0 Å². The summed E-state index contributed by atoms with van der Waals surface area (Å²) < 4.78 is 10.1. The van der Waals surface area contributed by atoms with Gasteiger partial charge in [-0.05, 0) is 39.8 Å². The second-order valence-electron chi connectivity index (χ2n) is 7.13. The summed E-state index contributed by atoms with van der Waals surface area (Å²) in [6, 6.07) is 3.87. The maximum absolute atomic E-state index is 12.2. The summed E-state index contributed by atoms with van der Waals surface area (Å²) in [6.45, 7) is 6.30. The lowest BCUT2D eigenvalue weighted by molar-refractivity contribution is -0.384. The van der Waals surface area contributed by atoms with E-state index < -0.39 is 46.9 Å². The first kappa shape index (κ1) is 23.0. The van der Waals surface area contributed by atoms with Crippen LogP contribution in [0.2, 0.25) is 0 Å². The highest BCUT2D eigenvalue weighted by Crippen LogP contribution is 2.18. The van der Waals surface area contributed by atoms with Gasteiger partial charge in [0.1, 0.15) is 11.4 Å². The topological polar surface area (TPSA) is 136 Å². The zero-order chi connectivity index (χ0) is 21.6. The monoisotopic (exact) mass is 396 g/mol. The Kier molecular flexibility index (Phi) is 7.62. The van der Waals surface area contributed by atoms with E-state index in [9.17, 15) is 29.6 Å². The Morgan fingerprint density at radius 2 is 1.75 bits per heavy atom. The van der Waals surface area contributed by atoms with Crippen LogP contribution in [0.3, 0.4) is 0 Å². The lowest BCUT2D eigenvalue weighted by Gasteiger charge is -2.25. The van der Waals surface area contributed by atoms with Crippen molar-refractivity contribution < 1.29 is 33.9 Å². The molecule has 1 rings (SSSR count). The summed E-state index contributed by atoms with van der Waals surface area (Å²) >= 11 is 0. The number of nitro benzene ring substituents is 1. The van der Waals surface area contributed by atoms with Gasteiger partial charge in [0.05, 0.1) is 11.0 Å². The second-order valence-corrected chi connectivity index (χ2v) is 7.13. The number of carbonyl (C=O) groups is 3. The van der Waals surface area contributed by atoms with E-state index in [1.807, 2.05) is 0 Å².